The molecule has 3 amide bonds. The summed E-state index contributed by atoms with van der Waals surface area (Å²) in [4.78, 5) is 46.5. The zero-order valence-electron chi connectivity index (χ0n) is 14.3. The topological polar surface area (TPSA) is 76.5 Å². The minimum atomic E-state index is -0.902. The molecular weight excluding hydrogens is 330 g/mol. The van der Waals surface area contributed by atoms with Crippen LogP contribution in [0.3, 0.4) is 0 Å². The van der Waals surface area contributed by atoms with Crippen molar-refractivity contribution in [3.63, 3.8) is 0 Å². The van der Waals surface area contributed by atoms with E-state index < -0.39 is 5.92 Å². The van der Waals surface area contributed by atoms with Crippen LogP contribution in [0.2, 0.25) is 0 Å². The highest BCUT2D eigenvalue weighted by Gasteiger charge is 2.39. The van der Waals surface area contributed by atoms with Gasteiger partial charge in [-0.05, 0) is 12.2 Å². The molecular formula is C15H23N5O3S. The Balaban J connectivity index is 1.82. The molecule has 8 nitrogen and oxygen atoms in total. The zero-order valence-corrected chi connectivity index (χ0v) is 15.1. The summed E-state index contributed by atoms with van der Waals surface area (Å²) in [6.45, 7) is 5.91. The molecule has 9 heteroatoms. The summed E-state index contributed by atoms with van der Waals surface area (Å²) >= 11 is 5.04. The van der Waals surface area contributed by atoms with Gasteiger partial charge in [-0.2, -0.15) is 0 Å². The van der Waals surface area contributed by atoms with Gasteiger partial charge in [-0.15, -0.1) is 0 Å². The number of nitrogens with zero attached hydrogens (tertiary/aromatic N) is 5. The first-order chi connectivity index (χ1) is 11.3. The van der Waals surface area contributed by atoms with Crippen LogP contribution in [-0.2, 0) is 14.4 Å². The maximum absolute atomic E-state index is 12.1. The summed E-state index contributed by atoms with van der Waals surface area (Å²) in [7, 11) is 3.12. The lowest BCUT2D eigenvalue weighted by Crippen LogP contribution is -2.57. The monoisotopic (exact) mass is 353 g/mol. The van der Waals surface area contributed by atoms with Crippen molar-refractivity contribution in [3.05, 3.63) is 0 Å². The smallest absolute Gasteiger partial charge is 0.246 e. The highest BCUT2D eigenvalue weighted by Crippen LogP contribution is 2.13. The van der Waals surface area contributed by atoms with Gasteiger partial charge in [-0.1, -0.05) is 0 Å². The molecule has 0 aromatic carbocycles. The summed E-state index contributed by atoms with van der Waals surface area (Å²) in [5.41, 5.74) is 0. The Hall–Kier alpha value is -1.87. The molecule has 2 rings (SSSR count). The number of carbonyl (C=O) groups is 3. The number of hydrogen-bond donors (Lipinski definition) is 0. The van der Waals surface area contributed by atoms with E-state index in [1.807, 2.05) is 4.90 Å². The zero-order chi connectivity index (χ0) is 17.9. The number of amides is 3. The van der Waals surface area contributed by atoms with Gasteiger partial charge in [0.25, 0.3) is 0 Å². The number of carbonyl (C=O) groups excluding carboxylic acids is 3. The lowest BCUT2D eigenvalue weighted by Gasteiger charge is -2.34. The van der Waals surface area contributed by atoms with Gasteiger partial charge in [0.05, 0.1) is 6.54 Å². The van der Waals surface area contributed by atoms with Crippen molar-refractivity contribution in [2.45, 2.75) is 6.92 Å². The molecule has 132 valence electrons. The second kappa shape index (κ2) is 7.80. The van der Waals surface area contributed by atoms with Gasteiger partial charge in [0.2, 0.25) is 17.7 Å². The quantitative estimate of drug-likeness (QED) is 0.370. The molecule has 2 saturated heterocycles. The molecule has 0 bridgehead atoms. The Kier molecular flexibility index (Phi) is 6.00. The predicted octanol–water partition coefficient (Wildman–Crippen LogP) is -0.947. The highest BCUT2D eigenvalue weighted by atomic mass is 32.1. The molecule has 0 atom stereocenters. The van der Waals surface area contributed by atoms with E-state index in [-0.39, 0.29) is 22.8 Å². The van der Waals surface area contributed by atoms with Crippen molar-refractivity contribution >= 4 is 41.3 Å². The second-order valence-corrected chi connectivity index (χ2v) is 6.32. The second-order valence-electron chi connectivity index (χ2n) is 5.96. The Morgan fingerprint density at radius 3 is 2.21 bits per heavy atom. The summed E-state index contributed by atoms with van der Waals surface area (Å²) in [5, 5.41) is 0.206. The number of rotatable bonds is 4. The third kappa shape index (κ3) is 3.96. The molecule has 2 fully saturated rings. The molecule has 0 aromatic rings. The molecule has 24 heavy (non-hydrogen) atoms. The van der Waals surface area contributed by atoms with Crippen LogP contribution in [0.5, 0.6) is 0 Å². The molecule has 0 saturated carbocycles. The van der Waals surface area contributed by atoms with E-state index in [4.69, 9.17) is 12.2 Å². The van der Waals surface area contributed by atoms with E-state index in [0.29, 0.717) is 6.54 Å². The molecule has 0 unspecified atom stereocenters. The standard InChI is InChI=1S/C15H23N5O3S/c1-11(21)20-8-6-19(7-9-20)5-4-16-10-12-13(22)17(2)15(24)18(3)14(12)23/h10,12H,4-9H2,1-3H3. The van der Waals surface area contributed by atoms with Gasteiger partial charge >= 0.3 is 0 Å². The van der Waals surface area contributed by atoms with Crippen LogP contribution in [0.1, 0.15) is 6.92 Å². The Morgan fingerprint density at radius 2 is 1.71 bits per heavy atom. The number of piperazine rings is 1. The van der Waals surface area contributed by atoms with Crippen LogP contribution in [0.25, 0.3) is 0 Å². The number of hydrogen-bond acceptors (Lipinski definition) is 6. The van der Waals surface area contributed by atoms with Crippen LogP contribution in [-0.4, -0.2) is 102 Å². The maximum atomic E-state index is 12.1. The van der Waals surface area contributed by atoms with Gasteiger partial charge in [0, 0.05) is 60.0 Å². The SMILES string of the molecule is CC(=O)N1CCN(CCN=CC2C(=O)N(C)C(=S)N(C)C2=O)CC1. The van der Waals surface area contributed by atoms with Gasteiger partial charge < -0.3 is 4.90 Å². The lowest BCUT2D eigenvalue weighted by molar-refractivity contribution is -0.142. The summed E-state index contributed by atoms with van der Waals surface area (Å²) < 4.78 is 0. The first kappa shape index (κ1) is 18.5. The minimum Gasteiger partial charge on any atom is -0.340 e. The summed E-state index contributed by atoms with van der Waals surface area (Å²) in [5.74, 6) is -1.49. The fourth-order valence-electron chi connectivity index (χ4n) is 2.73. The molecule has 0 spiro atoms. The third-order valence-electron chi connectivity index (χ3n) is 4.38. The first-order valence-electron chi connectivity index (χ1n) is 7.90. The van der Waals surface area contributed by atoms with Crippen LogP contribution in [0.15, 0.2) is 4.99 Å². The van der Waals surface area contributed by atoms with Gasteiger partial charge in [-0.3, -0.25) is 34.1 Å². The van der Waals surface area contributed by atoms with Crippen molar-refractivity contribution in [3.8, 4) is 0 Å². The molecule has 2 aliphatic heterocycles. The molecule has 0 radical (unpaired) electrons. The largest absolute Gasteiger partial charge is 0.340 e. The fourth-order valence-corrected chi connectivity index (χ4v) is 2.91. The van der Waals surface area contributed by atoms with E-state index in [9.17, 15) is 14.4 Å². The first-order valence-corrected chi connectivity index (χ1v) is 8.30. The van der Waals surface area contributed by atoms with E-state index in [2.05, 4.69) is 9.89 Å². The van der Waals surface area contributed by atoms with E-state index >= 15 is 0 Å². The van der Waals surface area contributed by atoms with E-state index in [1.54, 1.807) is 21.0 Å². The van der Waals surface area contributed by atoms with Crippen molar-refractivity contribution in [1.82, 2.24) is 19.6 Å². The van der Waals surface area contributed by atoms with Gasteiger partial charge in [0.1, 0.15) is 0 Å². The highest BCUT2D eigenvalue weighted by molar-refractivity contribution is 7.80. The van der Waals surface area contributed by atoms with Crippen molar-refractivity contribution < 1.29 is 14.4 Å². The fraction of sp³-hybridized carbons (Fsp3) is 0.667. The number of aliphatic imine (C=N–C) groups is 1. The molecule has 0 N–H and O–H groups in total. The third-order valence-corrected chi connectivity index (χ3v) is 4.93. The Morgan fingerprint density at radius 1 is 1.17 bits per heavy atom. The average Bonchev–Trinajstić information content (AvgIpc) is 2.58. The molecule has 2 heterocycles. The summed E-state index contributed by atoms with van der Waals surface area (Å²) in [6.07, 6.45) is 1.42. The Bertz CT molecular complexity index is 547. The van der Waals surface area contributed by atoms with Crippen LogP contribution in [0, 0.1) is 5.92 Å². The normalized spacial score (nSPS) is 21.3. The predicted molar refractivity (Wildman–Crippen MR) is 93.7 cm³/mol. The van der Waals surface area contributed by atoms with E-state index in [0.717, 1.165) is 32.7 Å². The maximum Gasteiger partial charge on any atom is 0.246 e. The minimum absolute atomic E-state index is 0.105. The average molecular weight is 353 g/mol. The summed E-state index contributed by atoms with van der Waals surface area (Å²) in [6, 6.07) is 0. The van der Waals surface area contributed by atoms with Crippen molar-refractivity contribution in [2.75, 3.05) is 53.4 Å². The van der Waals surface area contributed by atoms with E-state index in [1.165, 1.54) is 16.0 Å². The van der Waals surface area contributed by atoms with Gasteiger partial charge in [-0.25, -0.2) is 0 Å². The molecule has 0 aromatic heterocycles. The van der Waals surface area contributed by atoms with Crippen molar-refractivity contribution in [1.29, 1.82) is 0 Å². The Labute approximate surface area is 147 Å². The van der Waals surface area contributed by atoms with Crippen molar-refractivity contribution in [2.24, 2.45) is 10.9 Å². The lowest BCUT2D eigenvalue weighted by atomic mass is 10.1. The van der Waals surface area contributed by atoms with Crippen LogP contribution in [0.4, 0.5) is 0 Å². The van der Waals surface area contributed by atoms with Gasteiger partial charge in [0.15, 0.2) is 11.0 Å². The van der Waals surface area contributed by atoms with Crippen LogP contribution < -0.4 is 0 Å². The van der Waals surface area contributed by atoms with Crippen LogP contribution >= 0.6 is 12.2 Å². The molecule has 0 aliphatic carbocycles. The molecule has 2 aliphatic rings. The number of thiocarbonyl (C=S) groups is 1.